The lowest BCUT2D eigenvalue weighted by molar-refractivity contribution is -0.384. The van der Waals surface area contributed by atoms with Gasteiger partial charge >= 0.3 is 5.69 Å². The van der Waals surface area contributed by atoms with Crippen molar-refractivity contribution < 1.29 is 9.66 Å². The number of para-hydroxylation sites is 1. The van der Waals surface area contributed by atoms with Crippen molar-refractivity contribution in [2.45, 2.75) is 13.0 Å². The highest BCUT2D eigenvalue weighted by Gasteiger charge is 2.14. The number of nitrogen functional groups attached to an aromatic ring is 1. The van der Waals surface area contributed by atoms with Gasteiger partial charge in [-0.2, -0.15) is 4.98 Å². The van der Waals surface area contributed by atoms with Crippen LogP contribution in [-0.2, 0) is 0 Å². The summed E-state index contributed by atoms with van der Waals surface area (Å²) < 4.78 is 5.67. The number of rotatable bonds is 6. The summed E-state index contributed by atoms with van der Waals surface area (Å²) in [6, 6.07) is 9.39. The van der Waals surface area contributed by atoms with E-state index in [4.69, 9.17) is 10.5 Å². The van der Waals surface area contributed by atoms with Crippen molar-refractivity contribution in [3.05, 3.63) is 46.6 Å². The molecule has 0 spiro atoms. The van der Waals surface area contributed by atoms with Crippen molar-refractivity contribution in [1.29, 1.82) is 0 Å². The molecule has 0 aliphatic rings. The Bertz CT molecular complexity index is 620. The minimum atomic E-state index is -0.625. The minimum Gasteiger partial charge on any atom is -0.489 e. The second kappa shape index (κ2) is 6.51. The Kier molecular flexibility index (Phi) is 4.50. The molecule has 2 rings (SSSR count). The van der Waals surface area contributed by atoms with Crippen molar-refractivity contribution >= 4 is 17.5 Å². The zero-order chi connectivity index (χ0) is 15.2. The van der Waals surface area contributed by atoms with Crippen LogP contribution in [0.2, 0.25) is 0 Å². The quantitative estimate of drug-likeness (QED) is 0.615. The van der Waals surface area contributed by atoms with Gasteiger partial charge in [0, 0.05) is 0 Å². The molecule has 0 saturated carbocycles. The largest absolute Gasteiger partial charge is 0.489 e. The first-order valence-corrected chi connectivity index (χ1v) is 6.28. The van der Waals surface area contributed by atoms with Gasteiger partial charge in [-0.1, -0.05) is 18.2 Å². The van der Waals surface area contributed by atoms with Gasteiger partial charge in [-0.25, -0.2) is 4.98 Å². The van der Waals surface area contributed by atoms with Crippen molar-refractivity contribution in [3.8, 4) is 5.75 Å². The number of nitro groups is 1. The lowest BCUT2D eigenvalue weighted by Crippen LogP contribution is -2.23. The number of nitrogens with one attached hydrogen (secondary N) is 1. The first-order chi connectivity index (χ1) is 10.1. The molecular weight excluding hydrogens is 274 g/mol. The third-order valence-corrected chi connectivity index (χ3v) is 2.62. The van der Waals surface area contributed by atoms with Gasteiger partial charge in [0.2, 0.25) is 11.8 Å². The van der Waals surface area contributed by atoms with Crippen LogP contribution in [0.15, 0.2) is 36.5 Å². The van der Waals surface area contributed by atoms with Gasteiger partial charge < -0.3 is 15.8 Å². The summed E-state index contributed by atoms with van der Waals surface area (Å²) in [5.41, 5.74) is 5.18. The van der Waals surface area contributed by atoms with Crippen LogP contribution in [0, 0.1) is 10.1 Å². The van der Waals surface area contributed by atoms with Crippen molar-refractivity contribution in [2.75, 3.05) is 17.6 Å². The predicted molar refractivity (Wildman–Crippen MR) is 78.1 cm³/mol. The van der Waals surface area contributed by atoms with E-state index in [2.05, 4.69) is 15.3 Å². The number of nitrogens with two attached hydrogens (primary N) is 1. The average Bonchev–Trinajstić information content (AvgIpc) is 2.46. The van der Waals surface area contributed by atoms with Crippen LogP contribution in [0.25, 0.3) is 0 Å². The monoisotopic (exact) mass is 289 g/mol. The molecule has 1 aromatic heterocycles. The highest BCUT2D eigenvalue weighted by Crippen LogP contribution is 2.18. The fourth-order valence-electron chi connectivity index (χ4n) is 1.62. The predicted octanol–water partition coefficient (Wildman–Crippen LogP) is 1.85. The van der Waals surface area contributed by atoms with Crippen LogP contribution >= 0.6 is 0 Å². The number of ether oxygens (including phenoxy) is 1. The second-order valence-corrected chi connectivity index (χ2v) is 4.34. The maximum absolute atomic E-state index is 10.6. The van der Waals surface area contributed by atoms with E-state index in [1.54, 1.807) is 0 Å². The summed E-state index contributed by atoms with van der Waals surface area (Å²) in [4.78, 5) is 17.7. The van der Waals surface area contributed by atoms with Crippen LogP contribution in [-0.4, -0.2) is 27.5 Å². The van der Waals surface area contributed by atoms with E-state index in [9.17, 15) is 10.1 Å². The molecule has 0 fully saturated rings. The smallest absolute Gasteiger partial charge is 0.329 e. The summed E-state index contributed by atoms with van der Waals surface area (Å²) in [5.74, 6) is 0.812. The van der Waals surface area contributed by atoms with Crippen LogP contribution in [0.5, 0.6) is 5.75 Å². The van der Waals surface area contributed by atoms with Crippen LogP contribution in [0.1, 0.15) is 6.92 Å². The summed E-state index contributed by atoms with van der Waals surface area (Å²) >= 11 is 0. The number of aromatic nitrogens is 2. The molecule has 1 heterocycles. The van der Waals surface area contributed by atoms with Gasteiger partial charge in [-0.15, -0.1) is 0 Å². The summed E-state index contributed by atoms with van der Waals surface area (Å²) in [6.07, 6.45) is 0.945. The van der Waals surface area contributed by atoms with E-state index in [-0.39, 0.29) is 23.6 Å². The van der Waals surface area contributed by atoms with E-state index in [1.807, 2.05) is 37.3 Å². The van der Waals surface area contributed by atoms with Crippen LogP contribution in [0.3, 0.4) is 0 Å². The molecule has 0 aliphatic carbocycles. The summed E-state index contributed by atoms with van der Waals surface area (Å²) in [5, 5.41) is 13.5. The molecule has 2 aromatic rings. The Labute approximate surface area is 121 Å². The van der Waals surface area contributed by atoms with Gasteiger partial charge in [0.25, 0.3) is 0 Å². The van der Waals surface area contributed by atoms with Crippen molar-refractivity contribution in [3.63, 3.8) is 0 Å². The fraction of sp³-hybridized carbons (Fsp3) is 0.231. The number of anilines is 2. The van der Waals surface area contributed by atoms with E-state index < -0.39 is 4.92 Å². The molecule has 0 saturated heterocycles. The maximum atomic E-state index is 10.6. The molecular formula is C13H15N5O3. The van der Waals surface area contributed by atoms with Gasteiger partial charge in [0.05, 0.1) is 11.5 Å². The Morgan fingerprint density at radius 2 is 2.14 bits per heavy atom. The van der Waals surface area contributed by atoms with Gasteiger partial charge in [-0.3, -0.25) is 10.1 Å². The third kappa shape index (κ3) is 4.03. The zero-order valence-corrected chi connectivity index (χ0v) is 11.4. The minimum absolute atomic E-state index is 0.132. The molecule has 1 atom stereocenters. The fourth-order valence-corrected chi connectivity index (χ4v) is 1.62. The molecule has 0 radical (unpaired) electrons. The SMILES string of the molecule is C[C@H](CNc1ncc([N+](=O)[O-])c(N)n1)Oc1ccccc1. The van der Waals surface area contributed by atoms with E-state index >= 15 is 0 Å². The summed E-state index contributed by atoms with van der Waals surface area (Å²) in [6.45, 7) is 2.32. The van der Waals surface area contributed by atoms with Gasteiger partial charge in [-0.05, 0) is 19.1 Å². The summed E-state index contributed by atoms with van der Waals surface area (Å²) in [7, 11) is 0. The first kappa shape index (κ1) is 14.5. The third-order valence-electron chi connectivity index (χ3n) is 2.62. The molecule has 21 heavy (non-hydrogen) atoms. The zero-order valence-electron chi connectivity index (χ0n) is 11.4. The maximum Gasteiger partial charge on any atom is 0.329 e. The highest BCUT2D eigenvalue weighted by molar-refractivity contribution is 5.53. The highest BCUT2D eigenvalue weighted by atomic mass is 16.6. The Balaban J connectivity index is 1.91. The van der Waals surface area contributed by atoms with E-state index in [1.165, 1.54) is 0 Å². The molecule has 8 nitrogen and oxygen atoms in total. The molecule has 0 aliphatic heterocycles. The normalized spacial score (nSPS) is 11.7. The van der Waals surface area contributed by atoms with Crippen molar-refractivity contribution in [1.82, 2.24) is 9.97 Å². The van der Waals surface area contributed by atoms with E-state index in [0.29, 0.717) is 6.54 Å². The number of hydrogen-bond acceptors (Lipinski definition) is 7. The van der Waals surface area contributed by atoms with Crippen LogP contribution < -0.4 is 15.8 Å². The lowest BCUT2D eigenvalue weighted by Gasteiger charge is -2.15. The molecule has 0 unspecified atom stereocenters. The Morgan fingerprint density at radius 1 is 1.43 bits per heavy atom. The standard InChI is InChI=1S/C13H15N5O3/c1-9(21-10-5-3-2-4-6-10)7-15-13-16-8-11(18(19)20)12(14)17-13/h2-6,8-9H,7H2,1H3,(H3,14,15,16,17)/t9-/m1/s1. The van der Waals surface area contributed by atoms with Crippen molar-refractivity contribution in [2.24, 2.45) is 0 Å². The van der Waals surface area contributed by atoms with E-state index in [0.717, 1.165) is 11.9 Å². The number of hydrogen-bond donors (Lipinski definition) is 2. The lowest BCUT2D eigenvalue weighted by atomic mass is 10.3. The van der Waals surface area contributed by atoms with Crippen LogP contribution in [0.4, 0.5) is 17.5 Å². The molecule has 3 N–H and O–H groups in total. The first-order valence-electron chi connectivity index (χ1n) is 6.28. The molecule has 1 aromatic carbocycles. The number of benzene rings is 1. The van der Waals surface area contributed by atoms with Gasteiger partial charge in [0.1, 0.15) is 18.1 Å². The second-order valence-electron chi connectivity index (χ2n) is 4.34. The number of nitrogens with zero attached hydrogens (tertiary/aromatic N) is 3. The Morgan fingerprint density at radius 3 is 2.76 bits per heavy atom. The Hall–Kier alpha value is -2.90. The topological polar surface area (TPSA) is 116 Å². The molecule has 0 amide bonds. The molecule has 0 bridgehead atoms. The molecule has 110 valence electrons. The molecule has 8 heteroatoms. The average molecular weight is 289 g/mol. The van der Waals surface area contributed by atoms with Gasteiger partial charge in [0.15, 0.2) is 0 Å².